The van der Waals surface area contributed by atoms with Gasteiger partial charge in [0.15, 0.2) is 0 Å². The van der Waals surface area contributed by atoms with Gasteiger partial charge in [-0.05, 0) is 54.6 Å². The van der Waals surface area contributed by atoms with Crippen molar-refractivity contribution >= 4 is 43.7 Å². The Kier molecular flexibility index (Phi) is 4.67. The third kappa shape index (κ3) is 3.44. The molecule has 8 rings (SSSR count). The normalized spacial score (nSPS) is 11.7. The summed E-state index contributed by atoms with van der Waals surface area (Å²) in [5.41, 5.74) is 6.94. The summed E-state index contributed by atoms with van der Waals surface area (Å²) in [6.45, 7) is 0. The van der Waals surface area contributed by atoms with Gasteiger partial charge in [0, 0.05) is 32.7 Å². The van der Waals surface area contributed by atoms with Gasteiger partial charge in [0.1, 0.15) is 17.0 Å². The van der Waals surface area contributed by atoms with Crippen molar-refractivity contribution < 1.29 is 8.81 Å². The average Bonchev–Trinajstić information content (AvgIpc) is 3.52. The van der Waals surface area contributed by atoms with Crippen LogP contribution in [0.4, 0.5) is 4.39 Å². The van der Waals surface area contributed by atoms with Gasteiger partial charge in [-0.15, -0.1) is 0 Å². The molecule has 0 spiro atoms. The van der Waals surface area contributed by atoms with E-state index in [9.17, 15) is 4.39 Å². The highest BCUT2D eigenvalue weighted by Gasteiger charge is 2.17. The first-order valence-electron chi connectivity index (χ1n) is 12.8. The summed E-state index contributed by atoms with van der Waals surface area (Å²) in [7, 11) is 0. The fourth-order valence-corrected chi connectivity index (χ4v) is 5.49. The van der Waals surface area contributed by atoms with Crippen LogP contribution in [0, 0.1) is 5.82 Å². The molecule has 0 amide bonds. The first-order chi connectivity index (χ1) is 19.2. The van der Waals surface area contributed by atoms with Crippen molar-refractivity contribution in [2.75, 3.05) is 0 Å². The van der Waals surface area contributed by atoms with Crippen LogP contribution in [0.15, 0.2) is 126 Å². The SMILES string of the molecule is Fc1ccc2oc3ccc(-c4cc(-c5ccccc5)nc(-n5c6ccccc6c6ccccc65)n4)cc3c2c1. The Bertz CT molecular complexity index is 2140. The van der Waals surface area contributed by atoms with E-state index in [4.69, 9.17) is 14.4 Å². The molecule has 0 fully saturated rings. The van der Waals surface area contributed by atoms with E-state index in [-0.39, 0.29) is 5.82 Å². The Morgan fingerprint density at radius 2 is 1.10 bits per heavy atom. The molecule has 184 valence electrons. The number of para-hydroxylation sites is 2. The molecule has 0 radical (unpaired) electrons. The smallest absolute Gasteiger partial charge is 0.235 e. The van der Waals surface area contributed by atoms with E-state index in [1.54, 1.807) is 6.07 Å². The maximum Gasteiger partial charge on any atom is 0.235 e. The first-order valence-corrected chi connectivity index (χ1v) is 12.8. The lowest BCUT2D eigenvalue weighted by Gasteiger charge is -2.12. The van der Waals surface area contributed by atoms with Gasteiger partial charge in [0.05, 0.1) is 22.4 Å². The molecule has 5 heteroatoms. The average molecular weight is 506 g/mol. The minimum absolute atomic E-state index is 0.294. The monoisotopic (exact) mass is 505 g/mol. The van der Waals surface area contributed by atoms with Crippen molar-refractivity contribution in [1.29, 1.82) is 0 Å². The number of furan rings is 1. The van der Waals surface area contributed by atoms with Crippen LogP contribution in [0.5, 0.6) is 0 Å². The molecule has 0 saturated carbocycles. The zero-order valence-corrected chi connectivity index (χ0v) is 20.7. The molecule has 0 atom stereocenters. The van der Waals surface area contributed by atoms with Gasteiger partial charge in [-0.2, -0.15) is 0 Å². The van der Waals surface area contributed by atoms with Crippen molar-refractivity contribution in [3.63, 3.8) is 0 Å². The number of benzene rings is 5. The Hall–Kier alpha value is -5.29. The predicted octanol–water partition coefficient (Wildman–Crippen LogP) is 8.95. The number of hydrogen-bond acceptors (Lipinski definition) is 3. The van der Waals surface area contributed by atoms with Crippen LogP contribution in [-0.4, -0.2) is 14.5 Å². The molecule has 8 aromatic rings. The Morgan fingerprint density at radius 1 is 0.513 bits per heavy atom. The summed E-state index contributed by atoms with van der Waals surface area (Å²) < 4.78 is 22.2. The van der Waals surface area contributed by atoms with Crippen LogP contribution >= 0.6 is 0 Å². The molecule has 0 N–H and O–H groups in total. The predicted molar refractivity (Wildman–Crippen MR) is 154 cm³/mol. The molecule has 0 saturated heterocycles. The van der Waals surface area contributed by atoms with Crippen LogP contribution in [0.2, 0.25) is 0 Å². The zero-order chi connectivity index (χ0) is 25.9. The number of halogens is 1. The van der Waals surface area contributed by atoms with E-state index < -0.39 is 0 Å². The highest BCUT2D eigenvalue weighted by molar-refractivity contribution is 6.09. The Morgan fingerprint density at radius 3 is 1.82 bits per heavy atom. The van der Waals surface area contributed by atoms with E-state index in [1.807, 2.05) is 54.6 Å². The molecule has 0 aliphatic heterocycles. The molecular formula is C34H20FN3O. The lowest BCUT2D eigenvalue weighted by atomic mass is 10.0. The van der Waals surface area contributed by atoms with E-state index >= 15 is 0 Å². The second kappa shape index (κ2) is 8.36. The van der Waals surface area contributed by atoms with Crippen LogP contribution in [0.25, 0.3) is 72.2 Å². The second-order valence-electron chi connectivity index (χ2n) is 9.63. The number of nitrogens with zero attached hydrogens (tertiary/aromatic N) is 3. The van der Waals surface area contributed by atoms with E-state index in [0.29, 0.717) is 17.1 Å². The van der Waals surface area contributed by atoms with E-state index in [2.05, 4.69) is 53.1 Å². The van der Waals surface area contributed by atoms with E-state index in [0.717, 1.165) is 55.1 Å². The quantitative estimate of drug-likeness (QED) is 0.241. The third-order valence-corrected chi connectivity index (χ3v) is 7.29. The van der Waals surface area contributed by atoms with Crippen molar-refractivity contribution in [2.45, 2.75) is 0 Å². The van der Waals surface area contributed by atoms with Gasteiger partial charge >= 0.3 is 0 Å². The fourth-order valence-electron chi connectivity index (χ4n) is 5.49. The molecule has 0 unspecified atom stereocenters. The summed E-state index contributed by atoms with van der Waals surface area (Å²) in [6.07, 6.45) is 0. The standard InChI is InChI=1S/C34H20FN3O/c35-23-15-17-33-27(19-23)26-18-22(14-16-32(26)39-33)29-20-28(21-8-2-1-3-9-21)36-34(37-29)38-30-12-6-4-10-24(30)25-11-5-7-13-31(25)38/h1-20H. The van der Waals surface area contributed by atoms with Crippen LogP contribution in [0.1, 0.15) is 0 Å². The summed E-state index contributed by atoms with van der Waals surface area (Å²) in [6, 6.07) is 39.3. The van der Waals surface area contributed by atoms with Crippen LogP contribution in [-0.2, 0) is 0 Å². The molecular weight excluding hydrogens is 485 g/mol. The van der Waals surface area contributed by atoms with Gasteiger partial charge in [-0.3, -0.25) is 4.57 Å². The van der Waals surface area contributed by atoms with E-state index in [1.165, 1.54) is 12.1 Å². The first kappa shape index (κ1) is 21.8. The van der Waals surface area contributed by atoms with Gasteiger partial charge < -0.3 is 4.42 Å². The molecule has 0 bridgehead atoms. The molecule has 5 aromatic carbocycles. The lowest BCUT2D eigenvalue weighted by molar-refractivity contribution is 0.626. The maximum atomic E-state index is 14.1. The summed E-state index contributed by atoms with van der Waals surface area (Å²) in [5.74, 6) is 0.296. The van der Waals surface area contributed by atoms with Gasteiger partial charge in [-0.25, -0.2) is 14.4 Å². The molecule has 39 heavy (non-hydrogen) atoms. The lowest BCUT2D eigenvalue weighted by Crippen LogP contribution is -2.03. The summed E-state index contributed by atoms with van der Waals surface area (Å²) in [4.78, 5) is 10.2. The topological polar surface area (TPSA) is 43.9 Å². The highest BCUT2D eigenvalue weighted by atomic mass is 19.1. The second-order valence-corrected chi connectivity index (χ2v) is 9.63. The minimum atomic E-state index is -0.294. The summed E-state index contributed by atoms with van der Waals surface area (Å²) >= 11 is 0. The van der Waals surface area contributed by atoms with Crippen LogP contribution in [0.3, 0.4) is 0 Å². The zero-order valence-electron chi connectivity index (χ0n) is 20.7. The number of hydrogen-bond donors (Lipinski definition) is 0. The Balaban J connectivity index is 1.42. The van der Waals surface area contributed by atoms with Gasteiger partial charge in [0.2, 0.25) is 5.95 Å². The minimum Gasteiger partial charge on any atom is -0.456 e. The van der Waals surface area contributed by atoms with Crippen molar-refractivity contribution in [2.24, 2.45) is 0 Å². The third-order valence-electron chi connectivity index (χ3n) is 7.29. The van der Waals surface area contributed by atoms with Crippen molar-refractivity contribution in [3.8, 4) is 28.5 Å². The van der Waals surface area contributed by atoms with Crippen molar-refractivity contribution in [3.05, 3.63) is 127 Å². The number of fused-ring (bicyclic) bond motifs is 6. The largest absolute Gasteiger partial charge is 0.456 e. The number of aromatic nitrogens is 3. The van der Waals surface area contributed by atoms with Gasteiger partial charge in [0.25, 0.3) is 0 Å². The number of rotatable bonds is 3. The maximum absolute atomic E-state index is 14.1. The highest BCUT2D eigenvalue weighted by Crippen LogP contribution is 2.35. The molecule has 3 heterocycles. The van der Waals surface area contributed by atoms with Crippen LogP contribution < -0.4 is 0 Å². The molecule has 0 aliphatic rings. The van der Waals surface area contributed by atoms with Gasteiger partial charge in [-0.1, -0.05) is 66.7 Å². The fraction of sp³-hybridized carbons (Fsp3) is 0. The Labute approximate surface area is 222 Å². The molecule has 4 nitrogen and oxygen atoms in total. The molecule has 0 aliphatic carbocycles. The summed E-state index contributed by atoms with van der Waals surface area (Å²) in [5, 5.41) is 3.89. The molecule has 3 aromatic heterocycles. The van der Waals surface area contributed by atoms with Crippen molar-refractivity contribution in [1.82, 2.24) is 14.5 Å².